The summed E-state index contributed by atoms with van der Waals surface area (Å²) in [6.07, 6.45) is -2.57. The molecule has 108 valence electrons. The molecule has 0 bridgehead atoms. The van der Waals surface area contributed by atoms with Gasteiger partial charge in [-0.1, -0.05) is 19.9 Å². The van der Waals surface area contributed by atoms with Crippen LogP contribution in [0.3, 0.4) is 0 Å². The number of hydrogen-bond donors (Lipinski definition) is 1. The van der Waals surface area contributed by atoms with Crippen LogP contribution in [0, 0.1) is 0 Å². The van der Waals surface area contributed by atoms with Gasteiger partial charge in [0.1, 0.15) is 0 Å². The number of anilines is 1. The molecule has 1 aromatic carbocycles. The third kappa shape index (κ3) is 3.62. The van der Waals surface area contributed by atoms with Crippen LogP contribution < -0.4 is 10.6 Å². The van der Waals surface area contributed by atoms with Crippen LogP contribution in [-0.4, -0.2) is 13.1 Å². The first-order valence-corrected chi connectivity index (χ1v) is 6.48. The molecule has 0 unspecified atom stereocenters. The van der Waals surface area contributed by atoms with E-state index >= 15 is 0 Å². The van der Waals surface area contributed by atoms with Crippen LogP contribution in [-0.2, 0) is 12.7 Å². The van der Waals surface area contributed by atoms with Gasteiger partial charge in [0.2, 0.25) is 0 Å². The van der Waals surface area contributed by atoms with E-state index in [0.717, 1.165) is 12.8 Å². The minimum Gasteiger partial charge on any atom is -0.372 e. The van der Waals surface area contributed by atoms with Crippen molar-refractivity contribution in [2.45, 2.75) is 45.5 Å². The number of alkyl halides is 3. The summed E-state index contributed by atoms with van der Waals surface area (Å²) in [5, 5.41) is 0. The average Bonchev–Trinajstić information content (AvgIpc) is 2.38. The van der Waals surface area contributed by atoms with E-state index in [-0.39, 0.29) is 18.2 Å². The summed E-state index contributed by atoms with van der Waals surface area (Å²) >= 11 is 0. The second-order valence-corrected chi connectivity index (χ2v) is 4.62. The van der Waals surface area contributed by atoms with Gasteiger partial charge in [-0.25, -0.2) is 0 Å². The van der Waals surface area contributed by atoms with E-state index in [1.165, 1.54) is 12.1 Å². The largest absolute Gasteiger partial charge is 0.416 e. The Balaban J connectivity index is 3.18. The monoisotopic (exact) mass is 274 g/mol. The summed E-state index contributed by atoms with van der Waals surface area (Å²) < 4.78 is 38.9. The fourth-order valence-corrected chi connectivity index (χ4v) is 2.27. The Kier molecular flexibility index (Phi) is 5.23. The van der Waals surface area contributed by atoms with E-state index in [1.54, 1.807) is 6.07 Å². The predicted octanol–water partition coefficient (Wildman–Crippen LogP) is 3.79. The maximum atomic E-state index is 13.0. The molecule has 1 rings (SSSR count). The van der Waals surface area contributed by atoms with Gasteiger partial charge in [-0.15, -0.1) is 0 Å². The summed E-state index contributed by atoms with van der Waals surface area (Å²) in [5.41, 5.74) is 5.45. The van der Waals surface area contributed by atoms with Crippen molar-refractivity contribution in [3.63, 3.8) is 0 Å². The minimum absolute atomic E-state index is 0.107. The molecule has 19 heavy (non-hydrogen) atoms. The molecule has 1 aromatic rings. The molecule has 0 amide bonds. The van der Waals surface area contributed by atoms with Crippen molar-refractivity contribution in [3.05, 3.63) is 29.3 Å². The lowest BCUT2D eigenvalue weighted by Crippen LogP contribution is -2.30. The summed E-state index contributed by atoms with van der Waals surface area (Å²) in [5.74, 6) is 0. The van der Waals surface area contributed by atoms with Crippen LogP contribution in [0.15, 0.2) is 18.2 Å². The molecular weight excluding hydrogens is 253 g/mol. The standard InChI is InChI=1S/C14H21F3N2/c1-4-11(5-2)19(3)12-7-6-10(9-18)13(8-12)14(15,16)17/h6-8,11H,4-5,9,18H2,1-3H3. The fraction of sp³-hybridized carbons (Fsp3) is 0.571. The number of benzene rings is 1. The van der Waals surface area contributed by atoms with Gasteiger partial charge < -0.3 is 10.6 Å². The lowest BCUT2D eigenvalue weighted by atomic mass is 10.0. The molecule has 5 heteroatoms. The van der Waals surface area contributed by atoms with Crippen molar-refractivity contribution in [1.82, 2.24) is 0 Å². The molecule has 0 saturated heterocycles. The van der Waals surface area contributed by atoms with Crippen LogP contribution in [0.4, 0.5) is 18.9 Å². The molecule has 0 aliphatic carbocycles. The molecule has 0 spiro atoms. The topological polar surface area (TPSA) is 29.3 Å². The van der Waals surface area contributed by atoms with E-state index < -0.39 is 11.7 Å². The highest BCUT2D eigenvalue weighted by molar-refractivity contribution is 5.52. The molecule has 0 radical (unpaired) electrons. The van der Waals surface area contributed by atoms with E-state index in [2.05, 4.69) is 0 Å². The highest BCUT2D eigenvalue weighted by Gasteiger charge is 2.33. The Labute approximate surface area is 112 Å². The summed E-state index contributed by atoms with van der Waals surface area (Å²) in [4.78, 5) is 1.90. The zero-order chi connectivity index (χ0) is 14.6. The maximum absolute atomic E-state index is 13.0. The van der Waals surface area contributed by atoms with Crippen LogP contribution in [0.1, 0.15) is 37.8 Å². The molecule has 0 aliphatic heterocycles. The smallest absolute Gasteiger partial charge is 0.372 e. The number of rotatable bonds is 5. The van der Waals surface area contributed by atoms with Gasteiger partial charge in [-0.2, -0.15) is 13.2 Å². The first-order valence-electron chi connectivity index (χ1n) is 6.48. The third-order valence-electron chi connectivity index (χ3n) is 3.52. The van der Waals surface area contributed by atoms with Crippen LogP contribution in [0.2, 0.25) is 0 Å². The average molecular weight is 274 g/mol. The Morgan fingerprint density at radius 2 is 1.79 bits per heavy atom. The second kappa shape index (κ2) is 6.28. The van der Waals surface area contributed by atoms with E-state index in [0.29, 0.717) is 5.69 Å². The first kappa shape index (κ1) is 15.8. The normalized spacial score (nSPS) is 12.0. The van der Waals surface area contributed by atoms with Crippen molar-refractivity contribution in [1.29, 1.82) is 0 Å². The van der Waals surface area contributed by atoms with Crippen molar-refractivity contribution < 1.29 is 13.2 Å². The van der Waals surface area contributed by atoms with Gasteiger partial charge in [-0.05, 0) is 30.5 Å². The number of nitrogens with zero attached hydrogens (tertiary/aromatic N) is 1. The number of hydrogen-bond acceptors (Lipinski definition) is 2. The highest BCUT2D eigenvalue weighted by Crippen LogP contribution is 2.35. The summed E-state index contributed by atoms with van der Waals surface area (Å²) in [6.45, 7) is 3.96. The van der Waals surface area contributed by atoms with Crippen LogP contribution >= 0.6 is 0 Å². The quantitative estimate of drug-likeness (QED) is 0.885. The van der Waals surface area contributed by atoms with Gasteiger partial charge in [0.05, 0.1) is 5.56 Å². The molecule has 2 nitrogen and oxygen atoms in total. The zero-order valence-electron chi connectivity index (χ0n) is 11.6. The second-order valence-electron chi connectivity index (χ2n) is 4.62. The Bertz CT molecular complexity index is 412. The van der Waals surface area contributed by atoms with E-state index in [4.69, 9.17) is 5.73 Å². The molecule has 0 aliphatic rings. The van der Waals surface area contributed by atoms with E-state index in [9.17, 15) is 13.2 Å². The van der Waals surface area contributed by atoms with Gasteiger partial charge in [0, 0.05) is 25.3 Å². The lowest BCUT2D eigenvalue weighted by Gasteiger charge is -2.29. The van der Waals surface area contributed by atoms with Crippen molar-refractivity contribution in [2.75, 3.05) is 11.9 Å². The first-order chi connectivity index (χ1) is 8.85. The SMILES string of the molecule is CCC(CC)N(C)c1ccc(CN)c(C(F)(F)F)c1. The Morgan fingerprint density at radius 1 is 1.21 bits per heavy atom. The maximum Gasteiger partial charge on any atom is 0.416 e. The van der Waals surface area contributed by atoms with Gasteiger partial charge >= 0.3 is 6.18 Å². The predicted molar refractivity (Wildman–Crippen MR) is 72.1 cm³/mol. The highest BCUT2D eigenvalue weighted by atomic mass is 19.4. The molecule has 0 aromatic heterocycles. The number of halogens is 3. The Hall–Kier alpha value is -1.23. The zero-order valence-corrected chi connectivity index (χ0v) is 11.6. The fourth-order valence-electron chi connectivity index (χ4n) is 2.27. The van der Waals surface area contributed by atoms with E-state index in [1.807, 2.05) is 25.8 Å². The molecule has 2 N–H and O–H groups in total. The summed E-state index contributed by atoms with van der Waals surface area (Å²) in [7, 11) is 1.83. The molecule has 0 heterocycles. The van der Waals surface area contributed by atoms with Crippen molar-refractivity contribution in [3.8, 4) is 0 Å². The molecule has 0 saturated carbocycles. The molecular formula is C14H21F3N2. The van der Waals surface area contributed by atoms with Crippen LogP contribution in [0.25, 0.3) is 0 Å². The molecule has 0 atom stereocenters. The third-order valence-corrected chi connectivity index (χ3v) is 3.52. The van der Waals surface area contributed by atoms with Crippen molar-refractivity contribution in [2.24, 2.45) is 5.73 Å². The Morgan fingerprint density at radius 3 is 2.21 bits per heavy atom. The number of nitrogens with two attached hydrogens (primary N) is 1. The molecule has 0 fully saturated rings. The van der Waals surface area contributed by atoms with Gasteiger partial charge in [-0.3, -0.25) is 0 Å². The minimum atomic E-state index is -4.36. The van der Waals surface area contributed by atoms with Gasteiger partial charge in [0.25, 0.3) is 0 Å². The van der Waals surface area contributed by atoms with Gasteiger partial charge in [0.15, 0.2) is 0 Å². The van der Waals surface area contributed by atoms with Crippen LogP contribution in [0.5, 0.6) is 0 Å². The lowest BCUT2D eigenvalue weighted by molar-refractivity contribution is -0.138. The van der Waals surface area contributed by atoms with Crippen molar-refractivity contribution >= 4 is 5.69 Å². The summed E-state index contributed by atoms with van der Waals surface area (Å²) in [6, 6.07) is 4.61.